The van der Waals surface area contributed by atoms with Crippen molar-refractivity contribution in [1.29, 1.82) is 0 Å². The van der Waals surface area contributed by atoms with E-state index in [1.165, 1.54) is 4.31 Å². The van der Waals surface area contributed by atoms with Gasteiger partial charge in [0.15, 0.2) is 0 Å². The van der Waals surface area contributed by atoms with Gasteiger partial charge in [-0.3, -0.25) is 0 Å². The van der Waals surface area contributed by atoms with Gasteiger partial charge in [0.25, 0.3) is 0 Å². The van der Waals surface area contributed by atoms with E-state index in [1.54, 1.807) is 18.8 Å². The Morgan fingerprint density at radius 3 is 2.62 bits per heavy atom. The molecule has 0 saturated heterocycles. The quantitative estimate of drug-likeness (QED) is 0.755. The molecule has 4 nitrogen and oxygen atoms in total. The van der Waals surface area contributed by atoms with Crippen LogP contribution in [0.4, 0.5) is 0 Å². The summed E-state index contributed by atoms with van der Waals surface area (Å²) in [5.74, 6) is 1.03. The highest BCUT2D eigenvalue weighted by Crippen LogP contribution is 2.16. The van der Waals surface area contributed by atoms with Crippen LogP contribution in [0.15, 0.2) is 24.3 Å². The van der Waals surface area contributed by atoms with E-state index in [-0.39, 0.29) is 11.8 Å². The highest BCUT2D eigenvalue weighted by Gasteiger charge is 2.23. The van der Waals surface area contributed by atoms with Gasteiger partial charge >= 0.3 is 0 Å². The molecule has 1 aromatic carbocycles. The summed E-state index contributed by atoms with van der Waals surface area (Å²) in [7, 11) is 0.287. The fourth-order valence-electron chi connectivity index (χ4n) is 2.09. The molecule has 0 spiro atoms. The molecule has 0 fully saturated rings. The lowest BCUT2D eigenvalue weighted by Gasteiger charge is -2.24. The Balaban J connectivity index is 2.77. The van der Waals surface area contributed by atoms with Gasteiger partial charge in [0, 0.05) is 19.6 Å². The molecule has 0 aromatic heterocycles. The normalized spacial score (nSPS) is 13.6. The lowest BCUT2D eigenvalue weighted by molar-refractivity contribution is 0.382. The third-order valence-electron chi connectivity index (χ3n) is 3.52. The van der Waals surface area contributed by atoms with Gasteiger partial charge in [-0.05, 0) is 43.5 Å². The van der Waals surface area contributed by atoms with Gasteiger partial charge in [0.2, 0.25) is 10.0 Å². The Kier molecular flexibility index (Phi) is 7.73. The topological polar surface area (TPSA) is 49.4 Å². The van der Waals surface area contributed by atoms with Gasteiger partial charge in [-0.25, -0.2) is 12.7 Å². The SMILES string of the molecule is CNCc1cccc(CS(=O)(=O)N(C)C(C)CCSC)c1. The highest BCUT2D eigenvalue weighted by molar-refractivity contribution is 7.98. The predicted octanol–water partition coefficient (Wildman–Crippen LogP) is 2.31. The van der Waals surface area contributed by atoms with E-state index >= 15 is 0 Å². The smallest absolute Gasteiger partial charge is 0.218 e. The van der Waals surface area contributed by atoms with Crippen molar-refractivity contribution in [3.05, 3.63) is 35.4 Å². The number of nitrogens with one attached hydrogen (secondary N) is 1. The largest absolute Gasteiger partial charge is 0.316 e. The second-order valence-corrected chi connectivity index (χ2v) is 8.27. The van der Waals surface area contributed by atoms with Gasteiger partial charge in [-0.2, -0.15) is 11.8 Å². The first-order chi connectivity index (χ1) is 9.90. The minimum Gasteiger partial charge on any atom is -0.316 e. The van der Waals surface area contributed by atoms with Crippen LogP contribution in [0.1, 0.15) is 24.5 Å². The molecule has 0 aliphatic rings. The van der Waals surface area contributed by atoms with Gasteiger partial charge in [-0.15, -0.1) is 0 Å². The first-order valence-electron chi connectivity index (χ1n) is 7.07. The Morgan fingerprint density at radius 1 is 1.33 bits per heavy atom. The summed E-state index contributed by atoms with van der Waals surface area (Å²) in [6.07, 6.45) is 2.91. The summed E-state index contributed by atoms with van der Waals surface area (Å²) in [5, 5.41) is 3.08. The van der Waals surface area contributed by atoms with Crippen molar-refractivity contribution in [2.75, 3.05) is 26.1 Å². The molecule has 0 aliphatic heterocycles. The van der Waals surface area contributed by atoms with Crippen LogP contribution in [-0.2, 0) is 22.3 Å². The zero-order valence-corrected chi connectivity index (χ0v) is 14.9. The fraction of sp³-hybridized carbons (Fsp3) is 0.600. The van der Waals surface area contributed by atoms with Crippen LogP contribution in [0.25, 0.3) is 0 Å². The van der Waals surface area contributed by atoms with E-state index in [9.17, 15) is 8.42 Å². The zero-order valence-electron chi connectivity index (χ0n) is 13.3. The van der Waals surface area contributed by atoms with E-state index in [4.69, 9.17) is 0 Å². The summed E-state index contributed by atoms with van der Waals surface area (Å²) < 4.78 is 26.5. The second-order valence-electron chi connectivity index (χ2n) is 5.25. The summed E-state index contributed by atoms with van der Waals surface area (Å²) in [6.45, 7) is 2.71. The summed E-state index contributed by atoms with van der Waals surface area (Å²) in [6, 6.07) is 7.76. The average Bonchev–Trinajstić information content (AvgIpc) is 2.44. The Bertz CT molecular complexity index is 532. The number of hydrogen-bond donors (Lipinski definition) is 1. The Labute approximate surface area is 133 Å². The number of sulfonamides is 1. The maximum absolute atomic E-state index is 12.5. The maximum Gasteiger partial charge on any atom is 0.218 e. The molecule has 0 bridgehead atoms. The number of benzene rings is 1. The molecule has 1 atom stereocenters. The molecule has 1 aromatic rings. The van der Waals surface area contributed by atoms with Crippen LogP contribution >= 0.6 is 11.8 Å². The van der Waals surface area contributed by atoms with Gasteiger partial charge in [0.1, 0.15) is 0 Å². The third kappa shape index (κ3) is 5.98. The molecule has 1 rings (SSSR count). The number of hydrogen-bond acceptors (Lipinski definition) is 4. The van der Waals surface area contributed by atoms with E-state index < -0.39 is 10.0 Å². The molecule has 1 unspecified atom stereocenters. The number of nitrogens with zero attached hydrogens (tertiary/aromatic N) is 1. The molecule has 0 saturated carbocycles. The molecule has 0 radical (unpaired) electrons. The second kappa shape index (κ2) is 8.78. The third-order valence-corrected chi connectivity index (χ3v) is 6.10. The first-order valence-corrected chi connectivity index (χ1v) is 10.1. The highest BCUT2D eigenvalue weighted by atomic mass is 32.2. The predicted molar refractivity (Wildman–Crippen MR) is 92.1 cm³/mol. The number of rotatable bonds is 9. The van der Waals surface area contributed by atoms with Gasteiger partial charge in [0.05, 0.1) is 5.75 Å². The van der Waals surface area contributed by atoms with E-state index in [2.05, 4.69) is 5.32 Å². The molecule has 120 valence electrons. The molecule has 0 heterocycles. The fourth-order valence-corrected chi connectivity index (χ4v) is 4.13. The Morgan fingerprint density at radius 2 is 2.00 bits per heavy atom. The summed E-state index contributed by atoms with van der Waals surface area (Å²) >= 11 is 1.74. The van der Waals surface area contributed by atoms with Crippen LogP contribution in [0.2, 0.25) is 0 Å². The minimum absolute atomic E-state index is 0.0305. The molecule has 21 heavy (non-hydrogen) atoms. The standard InChI is InChI=1S/C15H26N2O2S2/c1-13(8-9-20-4)17(3)21(18,19)12-15-7-5-6-14(10-15)11-16-2/h5-7,10,13,16H,8-9,11-12H2,1-4H3. The van der Waals surface area contributed by atoms with E-state index in [0.29, 0.717) is 0 Å². The van der Waals surface area contributed by atoms with Crippen LogP contribution in [0, 0.1) is 0 Å². The average molecular weight is 331 g/mol. The van der Waals surface area contributed by atoms with Crippen molar-refractivity contribution in [2.45, 2.75) is 31.7 Å². The van der Waals surface area contributed by atoms with Crippen molar-refractivity contribution < 1.29 is 8.42 Å². The van der Waals surface area contributed by atoms with Crippen molar-refractivity contribution >= 4 is 21.8 Å². The summed E-state index contributed by atoms with van der Waals surface area (Å²) in [4.78, 5) is 0. The molecule has 0 amide bonds. The first kappa shape index (κ1) is 18.5. The van der Waals surface area contributed by atoms with Crippen LogP contribution in [0.3, 0.4) is 0 Å². The zero-order chi connectivity index (χ0) is 15.9. The van der Waals surface area contributed by atoms with Crippen LogP contribution in [0.5, 0.6) is 0 Å². The van der Waals surface area contributed by atoms with Gasteiger partial charge < -0.3 is 5.32 Å². The number of thioether (sulfide) groups is 1. The van der Waals surface area contributed by atoms with Crippen molar-refractivity contribution in [3.63, 3.8) is 0 Å². The van der Waals surface area contributed by atoms with Crippen LogP contribution in [-0.4, -0.2) is 44.9 Å². The van der Waals surface area contributed by atoms with Crippen molar-refractivity contribution in [1.82, 2.24) is 9.62 Å². The molecular formula is C15H26N2O2S2. The van der Waals surface area contributed by atoms with E-state index in [1.807, 2.05) is 44.5 Å². The minimum atomic E-state index is -3.27. The molecule has 0 aliphatic carbocycles. The lowest BCUT2D eigenvalue weighted by atomic mass is 10.1. The maximum atomic E-state index is 12.5. The van der Waals surface area contributed by atoms with E-state index in [0.717, 1.165) is 29.8 Å². The van der Waals surface area contributed by atoms with Crippen molar-refractivity contribution in [3.8, 4) is 0 Å². The molecular weight excluding hydrogens is 304 g/mol. The van der Waals surface area contributed by atoms with Crippen LogP contribution < -0.4 is 5.32 Å². The van der Waals surface area contributed by atoms with Crippen molar-refractivity contribution in [2.24, 2.45) is 0 Å². The molecule has 1 N–H and O–H groups in total. The monoisotopic (exact) mass is 330 g/mol. The van der Waals surface area contributed by atoms with Gasteiger partial charge in [-0.1, -0.05) is 24.3 Å². The Hall–Kier alpha value is -0.560. The summed E-state index contributed by atoms with van der Waals surface area (Å²) in [5.41, 5.74) is 1.94. The molecule has 6 heteroatoms. The lowest BCUT2D eigenvalue weighted by Crippen LogP contribution is -2.36.